The molecule has 0 unspecified atom stereocenters. The number of hydrazone groups is 1. The fraction of sp³-hybridized carbons (Fsp3) is 0.136. The lowest BCUT2D eigenvalue weighted by Gasteiger charge is -2.04. The lowest BCUT2D eigenvalue weighted by molar-refractivity contribution is -0.118. The van der Waals surface area contributed by atoms with E-state index in [1.165, 1.54) is 39.4 Å². The van der Waals surface area contributed by atoms with Crippen molar-refractivity contribution in [2.75, 3.05) is 5.75 Å². The average Bonchev–Trinajstić information content (AvgIpc) is 3.28. The van der Waals surface area contributed by atoms with E-state index in [1.807, 2.05) is 19.1 Å². The standard InChI is InChI=1S/C22H19N5OS3/c1-15(16-9-11-23-12-10-16)24-25-20(28)14-30-22-27-26-21(31-22)29-13-18-7-4-6-17-5-2-3-8-19(17)18/h2-12H,13-14H2,1H3,(H,25,28)/b24-15+. The number of amides is 1. The van der Waals surface area contributed by atoms with Gasteiger partial charge in [-0.3, -0.25) is 9.78 Å². The molecule has 0 aliphatic heterocycles. The van der Waals surface area contributed by atoms with Gasteiger partial charge in [0.2, 0.25) is 0 Å². The molecule has 4 rings (SSSR count). The molecule has 4 aromatic rings. The average molecular weight is 466 g/mol. The number of carbonyl (C=O) groups is 1. The molecule has 9 heteroatoms. The van der Waals surface area contributed by atoms with Crippen LogP contribution in [0.25, 0.3) is 10.8 Å². The minimum atomic E-state index is -0.182. The molecule has 2 heterocycles. The SMILES string of the molecule is C/C(=N\NC(=O)CSc1nnc(SCc2cccc3ccccc23)s1)c1ccncc1. The van der Waals surface area contributed by atoms with Crippen LogP contribution < -0.4 is 5.43 Å². The molecule has 0 bridgehead atoms. The van der Waals surface area contributed by atoms with Crippen molar-refractivity contribution < 1.29 is 4.79 Å². The third kappa shape index (κ3) is 5.90. The zero-order valence-corrected chi connectivity index (χ0v) is 19.1. The Hall–Kier alpha value is -2.75. The molecule has 2 aromatic heterocycles. The van der Waals surface area contributed by atoms with Crippen LogP contribution >= 0.6 is 34.9 Å². The van der Waals surface area contributed by atoms with Crippen LogP contribution in [0, 0.1) is 0 Å². The number of nitrogens with zero attached hydrogens (tertiary/aromatic N) is 4. The van der Waals surface area contributed by atoms with Crippen molar-refractivity contribution in [2.45, 2.75) is 21.4 Å². The Morgan fingerprint density at radius 3 is 2.58 bits per heavy atom. The van der Waals surface area contributed by atoms with Crippen molar-refractivity contribution in [1.82, 2.24) is 20.6 Å². The Morgan fingerprint density at radius 1 is 1.00 bits per heavy atom. The molecule has 1 N–H and O–H groups in total. The highest BCUT2D eigenvalue weighted by atomic mass is 32.2. The zero-order chi connectivity index (χ0) is 21.5. The maximum absolute atomic E-state index is 12.1. The Kier molecular flexibility index (Phi) is 7.29. The number of carbonyl (C=O) groups excluding carboxylic acids is 1. The Morgan fingerprint density at radius 2 is 1.74 bits per heavy atom. The summed E-state index contributed by atoms with van der Waals surface area (Å²) >= 11 is 4.52. The minimum absolute atomic E-state index is 0.182. The fourth-order valence-electron chi connectivity index (χ4n) is 2.84. The van der Waals surface area contributed by atoms with Crippen LogP contribution in [-0.2, 0) is 10.5 Å². The maximum Gasteiger partial charge on any atom is 0.250 e. The summed E-state index contributed by atoms with van der Waals surface area (Å²) in [4.78, 5) is 16.1. The predicted molar refractivity (Wildman–Crippen MR) is 129 cm³/mol. The van der Waals surface area contributed by atoms with Gasteiger partial charge in [0, 0.05) is 23.7 Å². The molecule has 0 aliphatic rings. The molecule has 156 valence electrons. The molecule has 0 aliphatic carbocycles. The van der Waals surface area contributed by atoms with E-state index in [-0.39, 0.29) is 11.7 Å². The Labute approximate surface area is 192 Å². The summed E-state index contributed by atoms with van der Waals surface area (Å²) in [5.74, 6) is 0.874. The van der Waals surface area contributed by atoms with E-state index in [9.17, 15) is 4.79 Å². The second-order valence-corrected chi connectivity index (χ2v) is 9.94. The van der Waals surface area contributed by atoms with E-state index < -0.39 is 0 Å². The third-order valence-corrected chi connectivity index (χ3v) is 7.63. The quantitative estimate of drug-likeness (QED) is 0.224. The van der Waals surface area contributed by atoms with E-state index in [0.717, 1.165) is 25.7 Å². The molecule has 0 saturated heterocycles. The second kappa shape index (κ2) is 10.5. The van der Waals surface area contributed by atoms with Gasteiger partial charge in [-0.2, -0.15) is 5.10 Å². The molecule has 31 heavy (non-hydrogen) atoms. The van der Waals surface area contributed by atoms with Crippen molar-refractivity contribution >= 4 is 57.3 Å². The largest absolute Gasteiger partial charge is 0.272 e. The highest BCUT2D eigenvalue weighted by Gasteiger charge is 2.10. The predicted octanol–water partition coefficient (Wildman–Crippen LogP) is 5.01. The van der Waals surface area contributed by atoms with Gasteiger partial charge in [0.15, 0.2) is 8.68 Å². The molecule has 6 nitrogen and oxygen atoms in total. The zero-order valence-electron chi connectivity index (χ0n) is 16.7. The van der Waals surface area contributed by atoms with Gasteiger partial charge in [-0.05, 0) is 35.4 Å². The molecular formula is C22H19N5OS3. The normalized spacial score (nSPS) is 11.6. The molecule has 2 aromatic carbocycles. The highest BCUT2D eigenvalue weighted by Crippen LogP contribution is 2.32. The number of rotatable bonds is 8. The monoisotopic (exact) mass is 465 g/mol. The van der Waals surface area contributed by atoms with Gasteiger partial charge in [0.1, 0.15) is 0 Å². The van der Waals surface area contributed by atoms with Crippen molar-refractivity contribution in [3.8, 4) is 0 Å². The number of hydrogen-bond acceptors (Lipinski definition) is 8. The summed E-state index contributed by atoms with van der Waals surface area (Å²) in [6, 6.07) is 18.4. The van der Waals surface area contributed by atoms with Crippen LogP contribution in [0.2, 0.25) is 0 Å². The molecular weight excluding hydrogens is 446 g/mol. The van der Waals surface area contributed by atoms with Crippen molar-refractivity contribution in [2.24, 2.45) is 5.10 Å². The van der Waals surface area contributed by atoms with E-state index in [0.29, 0.717) is 0 Å². The van der Waals surface area contributed by atoms with Crippen molar-refractivity contribution in [3.63, 3.8) is 0 Å². The van der Waals surface area contributed by atoms with Crippen LogP contribution in [0.5, 0.6) is 0 Å². The highest BCUT2D eigenvalue weighted by molar-refractivity contribution is 8.03. The number of benzene rings is 2. The first kappa shape index (κ1) is 21.5. The minimum Gasteiger partial charge on any atom is -0.272 e. The summed E-state index contributed by atoms with van der Waals surface area (Å²) in [5.41, 5.74) is 5.50. The summed E-state index contributed by atoms with van der Waals surface area (Å²) in [6.07, 6.45) is 3.38. The number of thioether (sulfide) groups is 2. The van der Waals surface area contributed by atoms with Gasteiger partial charge in [-0.15, -0.1) is 10.2 Å². The summed E-state index contributed by atoms with van der Waals surface area (Å²) in [6.45, 7) is 1.84. The molecule has 1 amide bonds. The third-order valence-electron chi connectivity index (χ3n) is 4.39. The lowest BCUT2D eigenvalue weighted by Crippen LogP contribution is -2.21. The van der Waals surface area contributed by atoms with Crippen LogP contribution in [0.15, 0.2) is 80.8 Å². The molecule has 0 radical (unpaired) electrons. The first-order valence-electron chi connectivity index (χ1n) is 9.48. The number of pyridine rings is 1. The number of nitrogens with one attached hydrogen (secondary N) is 1. The lowest BCUT2D eigenvalue weighted by atomic mass is 10.1. The topological polar surface area (TPSA) is 80.1 Å². The first-order chi connectivity index (χ1) is 15.2. The van der Waals surface area contributed by atoms with Gasteiger partial charge in [-0.25, -0.2) is 5.43 Å². The molecule has 0 saturated carbocycles. The Bertz CT molecular complexity index is 1200. The van der Waals surface area contributed by atoms with Gasteiger partial charge in [0.05, 0.1) is 11.5 Å². The van der Waals surface area contributed by atoms with E-state index in [2.05, 4.69) is 68.2 Å². The summed E-state index contributed by atoms with van der Waals surface area (Å²) in [7, 11) is 0. The van der Waals surface area contributed by atoms with Gasteiger partial charge in [-0.1, -0.05) is 77.3 Å². The maximum atomic E-state index is 12.1. The van der Waals surface area contributed by atoms with Crippen LogP contribution in [0.1, 0.15) is 18.1 Å². The summed E-state index contributed by atoms with van der Waals surface area (Å²) < 4.78 is 1.66. The van der Waals surface area contributed by atoms with Crippen LogP contribution in [-0.4, -0.2) is 32.6 Å². The number of aromatic nitrogens is 3. The van der Waals surface area contributed by atoms with E-state index >= 15 is 0 Å². The van der Waals surface area contributed by atoms with Gasteiger partial charge < -0.3 is 0 Å². The second-order valence-electron chi connectivity index (χ2n) is 6.52. The van der Waals surface area contributed by atoms with E-state index in [1.54, 1.807) is 24.2 Å². The van der Waals surface area contributed by atoms with Crippen molar-refractivity contribution in [1.29, 1.82) is 0 Å². The molecule has 0 fully saturated rings. The first-order valence-corrected chi connectivity index (χ1v) is 12.3. The number of fused-ring (bicyclic) bond motifs is 1. The smallest absolute Gasteiger partial charge is 0.250 e. The fourth-order valence-corrected chi connectivity index (χ4v) is 5.65. The van der Waals surface area contributed by atoms with E-state index in [4.69, 9.17) is 0 Å². The summed E-state index contributed by atoms with van der Waals surface area (Å²) in [5, 5.41) is 15.1. The molecule has 0 spiro atoms. The van der Waals surface area contributed by atoms with Crippen molar-refractivity contribution in [3.05, 3.63) is 78.1 Å². The van der Waals surface area contributed by atoms with Crippen LogP contribution in [0.3, 0.4) is 0 Å². The van der Waals surface area contributed by atoms with Gasteiger partial charge >= 0.3 is 0 Å². The van der Waals surface area contributed by atoms with Crippen LogP contribution in [0.4, 0.5) is 0 Å². The number of hydrogen-bond donors (Lipinski definition) is 1. The Balaban J connectivity index is 1.27. The molecule has 0 atom stereocenters. The van der Waals surface area contributed by atoms with Gasteiger partial charge in [0.25, 0.3) is 5.91 Å².